The van der Waals surface area contributed by atoms with Crippen molar-refractivity contribution in [1.29, 1.82) is 0 Å². The standard InChI is InChI=1S/C12H15N/c1-10-2-4-11(5-3-10)6-7-12(13)8-9-12/h2-7H,8-9,13H2,1H3/b7-6+. The lowest BCUT2D eigenvalue weighted by Crippen LogP contribution is -2.17. The Balaban J connectivity index is 2.09. The van der Waals surface area contributed by atoms with Crippen molar-refractivity contribution in [3.8, 4) is 0 Å². The third kappa shape index (κ3) is 2.19. The number of nitrogens with two attached hydrogens (primary N) is 1. The van der Waals surface area contributed by atoms with E-state index in [1.165, 1.54) is 11.1 Å². The predicted octanol–water partition coefficient (Wildman–Crippen LogP) is 2.50. The maximum atomic E-state index is 5.94. The molecular weight excluding hydrogens is 158 g/mol. The van der Waals surface area contributed by atoms with Gasteiger partial charge in [0.25, 0.3) is 0 Å². The quantitative estimate of drug-likeness (QED) is 0.730. The third-order valence-corrected chi connectivity index (χ3v) is 2.51. The number of aryl methyl sites for hydroxylation is 1. The maximum absolute atomic E-state index is 5.94. The van der Waals surface area contributed by atoms with Crippen LogP contribution in [0.15, 0.2) is 30.3 Å². The summed E-state index contributed by atoms with van der Waals surface area (Å²) in [5, 5.41) is 0. The zero-order valence-electron chi connectivity index (χ0n) is 7.96. The van der Waals surface area contributed by atoms with Crippen molar-refractivity contribution in [1.82, 2.24) is 0 Å². The fraction of sp³-hybridized carbons (Fsp3) is 0.333. The van der Waals surface area contributed by atoms with Crippen molar-refractivity contribution >= 4 is 6.08 Å². The first kappa shape index (κ1) is 8.52. The van der Waals surface area contributed by atoms with Crippen LogP contribution in [0.1, 0.15) is 24.0 Å². The first-order chi connectivity index (χ1) is 6.18. The highest BCUT2D eigenvalue weighted by Crippen LogP contribution is 2.33. The zero-order chi connectivity index (χ0) is 9.31. The average Bonchev–Trinajstić information content (AvgIpc) is 2.84. The van der Waals surface area contributed by atoms with Crippen molar-refractivity contribution < 1.29 is 0 Å². The van der Waals surface area contributed by atoms with E-state index < -0.39 is 0 Å². The molecule has 1 saturated carbocycles. The molecule has 68 valence electrons. The third-order valence-electron chi connectivity index (χ3n) is 2.51. The molecule has 1 aromatic carbocycles. The molecule has 1 aliphatic rings. The molecule has 1 aromatic rings. The summed E-state index contributed by atoms with van der Waals surface area (Å²) < 4.78 is 0. The van der Waals surface area contributed by atoms with Crippen molar-refractivity contribution in [2.45, 2.75) is 25.3 Å². The molecule has 0 spiro atoms. The Labute approximate surface area is 79.3 Å². The van der Waals surface area contributed by atoms with Crippen LogP contribution in [-0.4, -0.2) is 5.54 Å². The van der Waals surface area contributed by atoms with E-state index in [1.807, 2.05) is 0 Å². The second kappa shape index (κ2) is 3.00. The summed E-state index contributed by atoms with van der Waals surface area (Å²) in [6.45, 7) is 2.10. The summed E-state index contributed by atoms with van der Waals surface area (Å²) in [6, 6.07) is 8.49. The second-order valence-electron chi connectivity index (χ2n) is 3.98. The van der Waals surface area contributed by atoms with Gasteiger partial charge in [0.1, 0.15) is 0 Å². The lowest BCUT2D eigenvalue weighted by molar-refractivity contribution is 0.860. The van der Waals surface area contributed by atoms with Gasteiger partial charge in [-0.2, -0.15) is 0 Å². The van der Waals surface area contributed by atoms with Crippen LogP contribution in [0.2, 0.25) is 0 Å². The Morgan fingerprint density at radius 3 is 2.38 bits per heavy atom. The number of hydrogen-bond donors (Lipinski definition) is 1. The molecule has 2 N–H and O–H groups in total. The van der Waals surface area contributed by atoms with Crippen LogP contribution >= 0.6 is 0 Å². The zero-order valence-corrected chi connectivity index (χ0v) is 7.96. The summed E-state index contributed by atoms with van der Waals surface area (Å²) in [4.78, 5) is 0. The van der Waals surface area contributed by atoms with Gasteiger partial charge in [0.2, 0.25) is 0 Å². The molecule has 0 bridgehead atoms. The van der Waals surface area contributed by atoms with Gasteiger partial charge in [0.05, 0.1) is 0 Å². The van der Waals surface area contributed by atoms with E-state index in [1.54, 1.807) is 0 Å². The van der Waals surface area contributed by atoms with Gasteiger partial charge in [-0.3, -0.25) is 0 Å². The fourth-order valence-electron chi connectivity index (χ4n) is 1.25. The number of rotatable bonds is 2. The minimum absolute atomic E-state index is 0.0187. The summed E-state index contributed by atoms with van der Waals surface area (Å²) in [5.74, 6) is 0. The van der Waals surface area contributed by atoms with E-state index in [2.05, 4.69) is 43.3 Å². The molecule has 1 fully saturated rings. The first-order valence-electron chi connectivity index (χ1n) is 4.73. The molecule has 0 amide bonds. The highest BCUT2D eigenvalue weighted by molar-refractivity contribution is 5.52. The van der Waals surface area contributed by atoms with Crippen molar-refractivity contribution in [2.75, 3.05) is 0 Å². The molecule has 0 saturated heterocycles. The van der Waals surface area contributed by atoms with Gasteiger partial charge >= 0.3 is 0 Å². The van der Waals surface area contributed by atoms with Gasteiger partial charge in [-0.15, -0.1) is 0 Å². The van der Waals surface area contributed by atoms with Gasteiger partial charge < -0.3 is 5.73 Å². The predicted molar refractivity (Wildman–Crippen MR) is 56.4 cm³/mol. The molecular formula is C12H15N. The summed E-state index contributed by atoms with van der Waals surface area (Å²) in [7, 11) is 0. The van der Waals surface area contributed by atoms with Crippen molar-refractivity contribution in [3.05, 3.63) is 41.5 Å². The summed E-state index contributed by atoms with van der Waals surface area (Å²) in [5.41, 5.74) is 8.49. The molecule has 1 aliphatic carbocycles. The van der Waals surface area contributed by atoms with Gasteiger partial charge in [-0.1, -0.05) is 42.0 Å². The minimum atomic E-state index is 0.0187. The Hall–Kier alpha value is -1.08. The second-order valence-corrected chi connectivity index (χ2v) is 3.98. The average molecular weight is 173 g/mol. The van der Waals surface area contributed by atoms with Gasteiger partial charge in [-0.05, 0) is 25.3 Å². The highest BCUT2D eigenvalue weighted by Gasteiger charge is 2.34. The van der Waals surface area contributed by atoms with E-state index in [-0.39, 0.29) is 5.54 Å². The molecule has 1 heteroatoms. The van der Waals surface area contributed by atoms with Crippen molar-refractivity contribution in [3.63, 3.8) is 0 Å². The molecule has 0 radical (unpaired) electrons. The Kier molecular flexibility index (Phi) is 1.97. The molecule has 0 aromatic heterocycles. The number of hydrogen-bond acceptors (Lipinski definition) is 1. The van der Waals surface area contributed by atoms with Crippen LogP contribution in [0.25, 0.3) is 6.08 Å². The minimum Gasteiger partial charge on any atom is -0.322 e. The Morgan fingerprint density at radius 1 is 1.23 bits per heavy atom. The highest BCUT2D eigenvalue weighted by atomic mass is 14.8. The molecule has 13 heavy (non-hydrogen) atoms. The molecule has 0 aliphatic heterocycles. The van der Waals surface area contributed by atoms with Gasteiger partial charge in [-0.25, -0.2) is 0 Å². The fourth-order valence-corrected chi connectivity index (χ4v) is 1.25. The van der Waals surface area contributed by atoms with Crippen LogP contribution < -0.4 is 5.73 Å². The van der Waals surface area contributed by atoms with Crippen LogP contribution in [0, 0.1) is 6.92 Å². The van der Waals surface area contributed by atoms with E-state index in [0.717, 1.165) is 12.8 Å². The molecule has 1 nitrogen and oxygen atoms in total. The Bertz CT molecular complexity index is 317. The molecule has 0 heterocycles. The topological polar surface area (TPSA) is 26.0 Å². The van der Waals surface area contributed by atoms with E-state index in [0.29, 0.717) is 0 Å². The van der Waals surface area contributed by atoms with Gasteiger partial charge in [0, 0.05) is 5.54 Å². The number of benzene rings is 1. The van der Waals surface area contributed by atoms with Gasteiger partial charge in [0.15, 0.2) is 0 Å². The molecule has 0 unspecified atom stereocenters. The van der Waals surface area contributed by atoms with Crippen LogP contribution in [0.4, 0.5) is 0 Å². The monoisotopic (exact) mass is 173 g/mol. The summed E-state index contributed by atoms with van der Waals surface area (Å²) in [6.07, 6.45) is 6.51. The van der Waals surface area contributed by atoms with Crippen LogP contribution in [0.5, 0.6) is 0 Å². The van der Waals surface area contributed by atoms with E-state index >= 15 is 0 Å². The molecule has 0 atom stereocenters. The maximum Gasteiger partial charge on any atom is 0.0343 e. The smallest absolute Gasteiger partial charge is 0.0343 e. The Morgan fingerprint density at radius 2 is 1.85 bits per heavy atom. The lowest BCUT2D eigenvalue weighted by atomic mass is 10.1. The largest absolute Gasteiger partial charge is 0.322 e. The van der Waals surface area contributed by atoms with Crippen LogP contribution in [-0.2, 0) is 0 Å². The summed E-state index contributed by atoms with van der Waals surface area (Å²) >= 11 is 0. The molecule has 2 rings (SSSR count). The first-order valence-corrected chi connectivity index (χ1v) is 4.73. The van der Waals surface area contributed by atoms with E-state index in [4.69, 9.17) is 5.73 Å². The van der Waals surface area contributed by atoms with Crippen LogP contribution in [0.3, 0.4) is 0 Å². The lowest BCUT2D eigenvalue weighted by Gasteiger charge is -1.99. The SMILES string of the molecule is Cc1ccc(/C=C/C2(N)CC2)cc1. The van der Waals surface area contributed by atoms with E-state index in [9.17, 15) is 0 Å². The van der Waals surface area contributed by atoms with Crippen molar-refractivity contribution in [2.24, 2.45) is 5.73 Å². The normalized spacial score (nSPS) is 19.2.